The second-order valence-corrected chi connectivity index (χ2v) is 11.1. The van der Waals surface area contributed by atoms with E-state index in [0.29, 0.717) is 31.2 Å². The lowest BCUT2D eigenvalue weighted by Gasteiger charge is -2.31. The summed E-state index contributed by atoms with van der Waals surface area (Å²) in [5.41, 5.74) is 2.04. The Kier molecular flexibility index (Phi) is 6.75. The maximum absolute atomic E-state index is 12.9. The first-order valence-corrected chi connectivity index (χ1v) is 13.2. The van der Waals surface area contributed by atoms with Crippen LogP contribution in [-0.4, -0.2) is 37.8 Å². The summed E-state index contributed by atoms with van der Waals surface area (Å²) in [6.45, 7) is 0.826. The van der Waals surface area contributed by atoms with Crippen molar-refractivity contribution in [3.63, 3.8) is 0 Å². The first-order valence-electron chi connectivity index (χ1n) is 11.1. The first-order chi connectivity index (χ1) is 16.0. The predicted octanol–water partition coefficient (Wildman–Crippen LogP) is 5.24. The highest BCUT2D eigenvalue weighted by atomic mass is 32.2. The molecule has 2 aliphatic rings. The SMILES string of the molecule is CS(=O)(=O)CCC(=O)N1CCc2ccc(Oc3ccc(C(F)(F)F)cc3)c(/C=C/C3CC3)c2C1. The molecule has 0 atom stereocenters. The number of rotatable bonds is 7. The number of nitrogens with zero attached hydrogens (tertiary/aromatic N) is 1. The number of ether oxygens (including phenoxy) is 1. The number of carbonyl (C=O) groups is 1. The molecular weight excluding hydrogens is 467 g/mol. The number of hydrogen-bond acceptors (Lipinski definition) is 4. The van der Waals surface area contributed by atoms with Gasteiger partial charge in [0.2, 0.25) is 5.91 Å². The summed E-state index contributed by atoms with van der Waals surface area (Å²) in [5, 5.41) is 0. The lowest BCUT2D eigenvalue weighted by Crippen LogP contribution is -2.37. The van der Waals surface area contributed by atoms with Gasteiger partial charge in [-0.05, 0) is 66.6 Å². The van der Waals surface area contributed by atoms with Crippen molar-refractivity contribution in [2.75, 3.05) is 18.6 Å². The van der Waals surface area contributed by atoms with Gasteiger partial charge in [-0.2, -0.15) is 13.2 Å². The van der Waals surface area contributed by atoms with Crippen LogP contribution in [0.15, 0.2) is 42.5 Å². The Morgan fingerprint density at radius 1 is 1.15 bits per heavy atom. The summed E-state index contributed by atoms with van der Waals surface area (Å²) in [7, 11) is -3.24. The average molecular weight is 494 g/mol. The van der Waals surface area contributed by atoms with Crippen molar-refractivity contribution in [3.05, 3.63) is 64.7 Å². The molecule has 0 bridgehead atoms. The van der Waals surface area contributed by atoms with Crippen LogP contribution in [0.2, 0.25) is 0 Å². The Hall–Kier alpha value is -2.81. The Balaban J connectivity index is 1.60. The van der Waals surface area contributed by atoms with E-state index in [-0.39, 0.29) is 23.8 Å². The van der Waals surface area contributed by atoms with Gasteiger partial charge in [-0.1, -0.05) is 18.2 Å². The standard InChI is InChI=1S/C25H26F3NO4S/c1-34(31,32)15-13-24(30)29-14-12-18-5-11-23(21(22(18)16-29)10-4-17-2-3-17)33-20-8-6-19(7-9-20)25(26,27)28/h4-11,17H,2-3,12-16H2,1H3/b10-4+. The van der Waals surface area contributed by atoms with E-state index in [9.17, 15) is 26.4 Å². The molecule has 0 unspecified atom stereocenters. The van der Waals surface area contributed by atoms with E-state index in [1.807, 2.05) is 18.2 Å². The number of carbonyl (C=O) groups excluding carboxylic acids is 1. The number of alkyl halides is 3. The minimum Gasteiger partial charge on any atom is -0.457 e. The molecule has 5 nitrogen and oxygen atoms in total. The van der Waals surface area contributed by atoms with Crippen molar-refractivity contribution in [2.24, 2.45) is 5.92 Å². The van der Waals surface area contributed by atoms with Crippen molar-refractivity contribution < 1.29 is 31.1 Å². The Labute approximate surface area is 197 Å². The fraction of sp³-hybridized carbons (Fsp3) is 0.400. The highest BCUT2D eigenvalue weighted by molar-refractivity contribution is 7.90. The van der Waals surface area contributed by atoms with Gasteiger partial charge >= 0.3 is 6.18 Å². The molecule has 1 amide bonds. The molecule has 1 fully saturated rings. The summed E-state index contributed by atoms with van der Waals surface area (Å²) < 4.78 is 67.6. The summed E-state index contributed by atoms with van der Waals surface area (Å²) >= 11 is 0. The molecule has 9 heteroatoms. The van der Waals surface area contributed by atoms with Crippen molar-refractivity contribution in [1.29, 1.82) is 0 Å². The van der Waals surface area contributed by atoms with Crippen LogP contribution in [0, 0.1) is 5.92 Å². The van der Waals surface area contributed by atoms with Crippen LogP contribution in [0.4, 0.5) is 13.2 Å². The summed E-state index contributed by atoms with van der Waals surface area (Å²) in [4.78, 5) is 14.3. The van der Waals surface area contributed by atoms with E-state index >= 15 is 0 Å². The van der Waals surface area contributed by atoms with E-state index in [1.54, 1.807) is 4.90 Å². The molecule has 4 rings (SSSR count). The van der Waals surface area contributed by atoms with E-state index in [2.05, 4.69) is 6.08 Å². The quantitative estimate of drug-likeness (QED) is 0.529. The van der Waals surface area contributed by atoms with Gasteiger partial charge in [-0.25, -0.2) is 8.42 Å². The second kappa shape index (κ2) is 9.44. The lowest BCUT2D eigenvalue weighted by atomic mass is 9.93. The zero-order valence-electron chi connectivity index (χ0n) is 18.8. The average Bonchev–Trinajstić information content (AvgIpc) is 3.60. The molecule has 2 aromatic rings. The highest BCUT2D eigenvalue weighted by Gasteiger charge is 2.30. The molecule has 1 saturated carbocycles. The van der Waals surface area contributed by atoms with E-state index in [1.165, 1.54) is 12.1 Å². The fourth-order valence-corrected chi connectivity index (χ4v) is 4.46. The van der Waals surface area contributed by atoms with Gasteiger partial charge in [0.25, 0.3) is 0 Å². The molecule has 0 radical (unpaired) electrons. The molecule has 1 aliphatic heterocycles. The predicted molar refractivity (Wildman–Crippen MR) is 123 cm³/mol. The van der Waals surface area contributed by atoms with E-state index in [0.717, 1.165) is 47.9 Å². The van der Waals surface area contributed by atoms with Crippen molar-refractivity contribution in [1.82, 2.24) is 4.90 Å². The van der Waals surface area contributed by atoms with E-state index < -0.39 is 21.6 Å². The summed E-state index contributed by atoms with van der Waals surface area (Å²) in [6.07, 6.45) is 3.54. The summed E-state index contributed by atoms with van der Waals surface area (Å²) in [6, 6.07) is 8.27. The van der Waals surface area contributed by atoms with Gasteiger partial charge in [-0.3, -0.25) is 4.79 Å². The number of sulfone groups is 1. The molecule has 2 aromatic carbocycles. The maximum Gasteiger partial charge on any atom is 0.416 e. The van der Waals surface area contributed by atoms with Crippen LogP contribution in [0.3, 0.4) is 0 Å². The van der Waals surface area contributed by atoms with Crippen LogP contribution in [0.1, 0.15) is 41.5 Å². The number of benzene rings is 2. The van der Waals surface area contributed by atoms with Crippen molar-refractivity contribution >= 4 is 21.8 Å². The largest absolute Gasteiger partial charge is 0.457 e. The normalized spacial score (nSPS) is 16.5. The third-order valence-electron chi connectivity index (χ3n) is 6.02. The second-order valence-electron chi connectivity index (χ2n) is 8.88. The number of hydrogen-bond donors (Lipinski definition) is 0. The van der Waals surface area contributed by atoms with Gasteiger partial charge in [0, 0.05) is 31.3 Å². The zero-order valence-corrected chi connectivity index (χ0v) is 19.6. The minimum atomic E-state index is -4.42. The fourth-order valence-electron chi connectivity index (χ4n) is 3.91. The van der Waals surface area contributed by atoms with Crippen molar-refractivity contribution in [2.45, 2.75) is 38.4 Å². The topological polar surface area (TPSA) is 63.7 Å². The van der Waals surface area contributed by atoms with Crippen LogP contribution in [0.25, 0.3) is 6.08 Å². The molecule has 182 valence electrons. The highest BCUT2D eigenvalue weighted by Crippen LogP contribution is 2.38. The summed E-state index contributed by atoms with van der Waals surface area (Å²) in [5.74, 6) is 0.862. The van der Waals surface area contributed by atoms with Crippen molar-refractivity contribution in [3.8, 4) is 11.5 Å². The molecule has 0 spiro atoms. The molecule has 1 aliphatic carbocycles. The molecule has 0 aromatic heterocycles. The molecule has 0 N–H and O–H groups in total. The molecule has 1 heterocycles. The third kappa shape index (κ3) is 6.20. The Bertz CT molecular complexity index is 1200. The van der Waals surface area contributed by atoms with Crippen LogP contribution < -0.4 is 4.74 Å². The molecule has 34 heavy (non-hydrogen) atoms. The molecular formula is C25H26F3NO4S. The van der Waals surface area contributed by atoms with Gasteiger partial charge in [0.1, 0.15) is 21.3 Å². The number of allylic oxidation sites excluding steroid dienone is 1. The smallest absolute Gasteiger partial charge is 0.416 e. The Morgan fingerprint density at radius 3 is 2.47 bits per heavy atom. The third-order valence-corrected chi connectivity index (χ3v) is 6.97. The first kappa shape index (κ1) is 24.3. The van der Waals surface area contributed by atoms with Gasteiger partial charge in [0.05, 0.1) is 11.3 Å². The van der Waals surface area contributed by atoms with Crippen LogP contribution in [-0.2, 0) is 33.8 Å². The number of halogens is 3. The zero-order chi connectivity index (χ0) is 24.5. The number of amides is 1. The van der Waals surface area contributed by atoms with Gasteiger partial charge in [-0.15, -0.1) is 0 Å². The molecule has 0 saturated heterocycles. The maximum atomic E-state index is 12.9. The van der Waals surface area contributed by atoms with Gasteiger partial charge in [0.15, 0.2) is 0 Å². The van der Waals surface area contributed by atoms with Crippen LogP contribution in [0.5, 0.6) is 11.5 Å². The minimum absolute atomic E-state index is 0.0663. The van der Waals surface area contributed by atoms with Crippen LogP contribution >= 0.6 is 0 Å². The lowest BCUT2D eigenvalue weighted by molar-refractivity contribution is -0.137. The van der Waals surface area contributed by atoms with Gasteiger partial charge < -0.3 is 9.64 Å². The van der Waals surface area contributed by atoms with E-state index in [4.69, 9.17) is 4.74 Å². The monoisotopic (exact) mass is 493 g/mol. The Morgan fingerprint density at radius 2 is 1.85 bits per heavy atom. The number of fused-ring (bicyclic) bond motifs is 1.